The van der Waals surface area contributed by atoms with Crippen molar-refractivity contribution in [3.63, 3.8) is 0 Å². The topological polar surface area (TPSA) is 31.0 Å². The van der Waals surface area contributed by atoms with Crippen molar-refractivity contribution in [2.24, 2.45) is 0 Å². The second kappa shape index (κ2) is 9.53. The Morgan fingerprint density at radius 1 is 1.19 bits per heavy atom. The molecule has 2 fully saturated rings. The molecule has 144 valence electrons. The number of nitrogens with one attached hydrogen (secondary N) is 1. The lowest BCUT2D eigenvalue weighted by Gasteiger charge is -2.30. The van der Waals surface area contributed by atoms with Gasteiger partial charge < -0.3 is 19.9 Å². The molecule has 0 aromatic heterocycles. The van der Waals surface area contributed by atoms with Crippen molar-refractivity contribution in [2.75, 3.05) is 58.4 Å². The van der Waals surface area contributed by atoms with Gasteiger partial charge in [0.15, 0.2) is 5.11 Å². The highest BCUT2D eigenvalue weighted by Crippen LogP contribution is 2.20. The lowest BCUT2D eigenvalue weighted by atomic mass is 10.2. The average Bonchev–Trinajstić information content (AvgIpc) is 3.46. The predicted octanol–water partition coefficient (Wildman–Crippen LogP) is 2.31. The van der Waals surface area contributed by atoms with Gasteiger partial charge in [0, 0.05) is 58.5 Å². The van der Waals surface area contributed by atoms with Gasteiger partial charge >= 0.3 is 0 Å². The fraction of sp³-hybridized carbons (Fsp3) is 0.650. The lowest BCUT2D eigenvalue weighted by molar-refractivity contribution is 0.0367. The highest BCUT2D eigenvalue weighted by molar-refractivity contribution is 7.80. The molecular weight excluding hydrogens is 344 g/mol. The molecule has 1 aromatic rings. The summed E-state index contributed by atoms with van der Waals surface area (Å²) in [4.78, 5) is 6.95. The number of rotatable bonds is 8. The first-order chi connectivity index (χ1) is 12.6. The molecule has 0 amide bonds. The minimum atomic E-state index is 0.598. The fourth-order valence-corrected chi connectivity index (χ4v) is 3.50. The molecule has 1 saturated heterocycles. The molecule has 2 aliphatic rings. The summed E-state index contributed by atoms with van der Waals surface area (Å²) in [5.41, 5.74) is 2.54. The molecule has 0 atom stereocenters. The fourth-order valence-electron chi connectivity index (χ4n) is 3.18. The Morgan fingerprint density at radius 3 is 2.50 bits per heavy atom. The van der Waals surface area contributed by atoms with Gasteiger partial charge in [0.1, 0.15) is 0 Å². The molecule has 1 N–H and O–H groups in total. The third-order valence-corrected chi connectivity index (χ3v) is 5.40. The Morgan fingerprint density at radius 2 is 1.88 bits per heavy atom. The maximum Gasteiger partial charge on any atom is 0.169 e. The summed E-state index contributed by atoms with van der Waals surface area (Å²) in [5, 5.41) is 4.42. The quantitative estimate of drug-likeness (QED) is 0.701. The van der Waals surface area contributed by atoms with Gasteiger partial charge in [0.25, 0.3) is 0 Å². The Labute approximate surface area is 163 Å². The highest BCUT2D eigenvalue weighted by atomic mass is 32.1. The van der Waals surface area contributed by atoms with Crippen LogP contribution < -0.4 is 10.2 Å². The third-order valence-electron chi connectivity index (χ3n) is 5.02. The molecule has 1 aliphatic carbocycles. The minimum absolute atomic E-state index is 0.598. The molecule has 1 heterocycles. The van der Waals surface area contributed by atoms with E-state index in [1.807, 2.05) is 0 Å². The van der Waals surface area contributed by atoms with Crippen LogP contribution in [-0.2, 0) is 11.3 Å². The highest BCUT2D eigenvalue weighted by Gasteiger charge is 2.24. The van der Waals surface area contributed by atoms with E-state index in [0.717, 1.165) is 57.5 Å². The SMILES string of the molecule is CN(C)c1ccc(CN(CCCN2CCOCC2)C(=S)NC2CC2)cc1. The number of thiocarbonyl (C=S) groups is 1. The van der Waals surface area contributed by atoms with E-state index in [2.05, 4.69) is 58.4 Å². The smallest absolute Gasteiger partial charge is 0.169 e. The van der Waals surface area contributed by atoms with Gasteiger partial charge in [-0.25, -0.2) is 0 Å². The van der Waals surface area contributed by atoms with Gasteiger partial charge in [-0.15, -0.1) is 0 Å². The third kappa shape index (κ3) is 6.11. The normalized spacial score (nSPS) is 17.8. The summed E-state index contributed by atoms with van der Waals surface area (Å²) in [5.74, 6) is 0. The molecule has 26 heavy (non-hydrogen) atoms. The Hall–Kier alpha value is -1.37. The van der Waals surface area contributed by atoms with Crippen LogP contribution in [-0.4, -0.2) is 74.4 Å². The van der Waals surface area contributed by atoms with Crippen molar-refractivity contribution in [2.45, 2.75) is 31.8 Å². The van der Waals surface area contributed by atoms with Gasteiger partial charge in [-0.1, -0.05) is 12.1 Å². The zero-order valence-corrected chi connectivity index (χ0v) is 16.9. The molecule has 0 radical (unpaired) electrons. The first-order valence-corrected chi connectivity index (χ1v) is 10.1. The summed E-state index contributed by atoms with van der Waals surface area (Å²) in [6.45, 7) is 6.81. The number of hydrogen-bond acceptors (Lipinski definition) is 4. The summed E-state index contributed by atoms with van der Waals surface area (Å²) in [6.07, 6.45) is 3.63. The van der Waals surface area contributed by atoms with Crippen molar-refractivity contribution in [1.29, 1.82) is 0 Å². The summed E-state index contributed by atoms with van der Waals surface area (Å²) in [7, 11) is 4.14. The predicted molar refractivity (Wildman–Crippen MR) is 112 cm³/mol. The Kier molecular flexibility index (Phi) is 7.11. The van der Waals surface area contributed by atoms with E-state index in [4.69, 9.17) is 17.0 Å². The second-order valence-electron chi connectivity index (χ2n) is 7.51. The van der Waals surface area contributed by atoms with Crippen LogP contribution in [0.3, 0.4) is 0 Å². The van der Waals surface area contributed by atoms with Gasteiger partial charge in [0.05, 0.1) is 13.2 Å². The van der Waals surface area contributed by atoms with Crippen molar-refractivity contribution >= 4 is 23.0 Å². The van der Waals surface area contributed by atoms with Crippen molar-refractivity contribution in [3.8, 4) is 0 Å². The molecule has 6 heteroatoms. The maximum absolute atomic E-state index is 5.70. The minimum Gasteiger partial charge on any atom is -0.379 e. The maximum atomic E-state index is 5.70. The van der Waals surface area contributed by atoms with Crippen LogP contribution in [0.15, 0.2) is 24.3 Å². The van der Waals surface area contributed by atoms with E-state index in [1.54, 1.807) is 0 Å². The van der Waals surface area contributed by atoms with Crippen LogP contribution in [0.4, 0.5) is 5.69 Å². The van der Waals surface area contributed by atoms with E-state index < -0.39 is 0 Å². The summed E-state index contributed by atoms with van der Waals surface area (Å²) in [6, 6.07) is 9.38. The molecule has 1 aliphatic heterocycles. The molecule has 1 saturated carbocycles. The molecule has 0 unspecified atom stereocenters. The molecule has 5 nitrogen and oxygen atoms in total. The molecule has 0 spiro atoms. The largest absolute Gasteiger partial charge is 0.379 e. The van der Waals surface area contributed by atoms with Crippen LogP contribution >= 0.6 is 12.2 Å². The van der Waals surface area contributed by atoms with E-state index in [9.17, 15) is 0 Å². The molecular formula is C20H32N4OS. The van der Waals surface area contributed by atoms with Crippen molar-refractivity contribution < 1.29 is 4.74 Å². The van der Waals surface area contributed by atoms with Crippen molar-refractivity contribution in [3.05, 3.63) is 29.8 Å². The van der Waals surface area contributed by atoms with E-state index in [-0.39, 0.29) is 0 Å². The number of nitrogens with zero attached hydrogens (tertiary/aromatic N) is 3. The van der Waals surface area contributed by atoms with Crippen molar-refractivity contribution in [1.82, 2.24) is 15.1 Å². The molecule has 1 aromatic carbocycles. The summed E-state index contributed by atoms with van der Waals surface area (Å²) >= 11 is 5.70. The van der Waals surface area contributed by atoms with Crippen LogP contribution in [0.25, 0.3) is 0 Å². The average molecular weight is 377 g/mol. The monoisotopic (exact) mass is 376 g/mol. The van der Waals surface area contributed by atoms with E-state index in [0.29, 0.717) is 6.04 Å². The van der Waals surface area contributed by atoms with Gasteiger partial charge in [-0.05, 0) is 49.2 Å². The van der Waals surface area contributed by atoms with Crippen LogP contribution in [0.1, 0.15) is 24.8 Å². The van der Waals surface area contributed by atoms with E-state index >= 15 is 0 Å². The first-order valence-electron chi connectivity index (χ1n) is 9.73. The second-order valence-corrected chi connectivity index (χ2v) is 7.90. The van der Waals surface area contributed by atoms with E-state index in [1.165, 1.54) is 24.1 Å². The van der Waals surface area contributed by atoms with Gasteiger partial charge in [0.2, 0.25) is 0 Å². The first kappa shape index (κ1) is 19.4. The number of hydrogen-bond donors (Lipinski definition) is 1. The standard InChI is InChI=1S/C20H32N4OS/c1-22(2)19-8-4-17(5-9-19)16-24(20(26)21-18-6-7-18)11-3-10-23-12-14-25-15-13-23/h4-5,8-9,18H,3,6-7,10-16H2,1-2H3,(H,21,26). The Bertz CT molecular complexity index is 568. The zero-order valence-electron chi connectivity index (χ0n) is 16.1. The van der Waals surface area contributed by atoms with Crippen LogP contribution in [0, 0.1) is 0 Å². The van der Waals surface area contributed by atoms with Crippen LogP contribution in [0.2, 0.25) is 0 Å². The van der Waals surface area contributed by atoms with Crippen LogP contribution in [0.5, 0.6) is 0 Å². The molecule has 0 bridgehead atoms. The number of benzene rings is 1. The lowest BCUT2D eigenvalue weighted by Crippen LogP contribution is -2.42. The summed E-state index contributed by atoms with van der Waals surface area (Å²) < 4.78 is 5.44. The Balaban J connectivity index is 1.54. The van der Waals surface area contributed by atoms with Gasteiger partial charge in [-0.2, -0.15) is 0 Å². The molecule has 3 rings (SSSR count). The van der Waals surface area contributed by atoms with Gasteiger partial charge in [-0.3, -0.25) is 4.90 Å². The number of ether oxygens (including phenoxy) is 1. The number of anilines is 1. The zero-order chi connectivity index (χ0) is 18.4. The number of morpholine rings is 1.